The van der Waals surface area contributed by atoms with Crippen molar-refractivity contribution in [2.75, 3.05) is 0 Å². The van der Waals surface area contributed by atoms with Gasteiger partial charge in [0.05, 0.1) is 10.9 Å². The Morgan fingerprint density at radius 2 is 1.77 bits per heavy atom. The van der Waals surface area contributed by atoms with E-state index >= 15 is 0 Å². The highest BCUT2D eigenvalue weighted by atomic mass is 32.2. The largest absolute Gasteiger partial charge is 0.307 e. The van der Waals surface area contributed by atoms with E-state index in [1.807, 2.05) is 31.2 Å². The lowest BCUT2D eigenvalue weighted by molar-refractivity contribution is -0.125. The lowest BCUT2D eigenvalue weighted by Gasteiger charge is -2.29. The second-order valence-electron chi connectivity index (χ2n) is 5.51. The molecule has 2 aliphatic rings. The van der Waals surface area contributed by atoms with E-state index in [0.717, 1.165) is 27.3 Å². The first-order chi connectivity index (χ1) is 10.5. The Labute approximate surface area is 134 Å². The van der Waals surface area contributed by atoms with Crippen LogP contribution in [0.5, 0.6) is 0 Å². The van der Waals surface area contributed by atoms with Gasteiger partial charge in [0.1, 0.15) is 5.25 Å². The predicted molar refractivity (Wildman–Crippen MR) is 84.2 cm³/mol. The van der Waals surface area contributed by atoms with E-state index < -0.39 is 11.2 Å². The Hall–Kier alpha value is -1.86. The molecule has 22 heavy (non-hydrogen) atoms. The molecular formula is C15H12N2O3S2. The topological polar surface area (TPSA) is 79.0 Å². The number of hydrogen-bond donors (Lipinski definition) is 2. The standard InChI is InChI=1S/C15H12N2O3S2/c1-6-2-4-7(5-3-6)8-9-10(13(19)16-12(9)18)21-14-11(8)22-15(20)17-14/h2-5,8-10H,1H3,(H,17,20)(H,16,18,19)/t8-,9+,10+/m1/s1. The van der Waals surface area contributed by atoms with Crippen molar-refractivity contribution < 1.29 is 9.59 Å². The Bertz CT molecular complexity index is 837. The van der Waals surface area contributed by atoms with E-state index in [-0.39, 0.29) is 22.6 Å². The molecule has 1 fully saturated rings. The fourth-order valence-corrected chi connectivity index (χ4v) is 5.55. The van der Waals surface area contributed by atoms with Crippen LogP contribution in [0.1, 0.15) is 21.9 Å². The molecular weight excluding hydrogens is 320 g/mol. The van der Waals surface area contributed by atoms with Crippen LogP contribution in [0.2, 0.25) is 0 Å². The number of nitrogens with one attached hydrogen (secondary N) is 2. The van der Waals surface area contributed by atoms with Gasteiger partial charge in [-0.1, -0.05) is 52.9 Å². The molecule has 7 heteroatoms. The zero-order valence-electron chi connectivity index (χ0n) is 11.6. The third-order valence-electron chi connectivity index (χ3n) is 4.10. The minimum absolute atomic E-state index is 0.151. The van der Waals surface area contributed by atoms with Crippen molar-refractivity contribution in [3.05, 3.63) is 49.9 Å². The number of aromatic amines is 1. The van der Waals surface area contributed by atoms with Gasteiger partial charge in [0.15, 0.2) is 0 Å². The van der Waals surface area contributed by atoms with Crippen LogP contribution in [0.3, 0.4) is 0 Å². The third kappa shape index (κ3) is 1.96. The van der Waals surface area contributed by atoms with Gasteiger partial charge in [-0.3, -0.25) is 19.7 Å². The summed E-state index contributed by atoms with van der Waals surface area (Å²) < 4.78 is 0. The van der Waals surface area contributed by atoms with Crippen LogP contribution in [0.4, 0.5) is 0 Å². The fourth-order valence-electron chi connectivity index (χ4n) is 3.07. The van der Waals surface area contributed by atoms with E-state index in [1.165, 1.54) is 11.8 Å². The molecule has 1 aromatic heterocycles. The van der Waals surface area contributed by atoms with E-state index in [1.54, 1.807) is 0 Å². The smallest absolute Gasteiger partial charge is 0.305 e. The molecule has 0 aliphatic carbocycles. The molecule has 1 aromatic carbocycles. The predicted octanol–water partition coefficient (Wildman–Crippen LogP) is 1.62. The minimum Gasteiger partial charge on any atom is -0.307 e. The zero-order chi connectivity index (χ0) is 15.4. The molecule has 0 radical (unpaired) electrons. The minimum atomic E-state index is -0.475. The molecule has 0 spiro atoms. The first-order valence-electron chi connectivity index (χ1n) is 6.85. The maximum atomic E-state index is 12.3. The first kappa shape index (κ1) is 13.8. The van der Waals surface area contributed by atoms with Crippen LogP contribution in [-0.4, -0.2) is 22.0 Å². The Kier molecular flexibility index (Phi) is 3.02. The van der Waals surface area contributed by atoms with Gasteiger partial charge in [-0.25, -0.2) is 0 Å². The van der Waals surface area contributed by atoms with E-state index in [0.29, 0.717) is 5.03 Å². The van der Waals surface area contributed by atoms with E-state index in [2.05, 4.69) is 10.3 Å². The average molecular weight is 332 g/mol. The highest BCUT2D eigenvalue weighted by Gasteiger charge is 2.52. The second kappa shape index (κ2) is 4.82. The summed E-state index contributed by atoms with van der Waals surface area (Å²) >= 11 is 2.41. The highest BCUT2D eigenvalue weighted by Crippen LogP contribution is 2.50. The van der Waals surface area contributed by atoms with Crippen LogP contribution in [0.25, 0.3) is 0 Å². The first-order valence-corrected chi connectivity index (χ1v) is 8.55. The second-order valence-corrected chi connectivity index (χ2v) is 7.68. The lowest BCUT2D eigenvalue weighted by Crippen LogP contribution is -2.31. The molecule has 3 heterocycles. The molecule has 3 atom stereocenters. The van der Waals surface area contributed by atoms with Crippen molar-refractivity contribution in [2.24, 2.45) is 5.92 Å². The van der Waals surface area contributed by atoms with Crippen molar-refractivity contribution in [1.82, 2.24) is 10.3 Å². The van der Waals surface area contributed by atoms with E-state index in [4.69, 9.17) is 0 Å². The number of H-pyrrole nitrogens is 1. The molecule has 2 N–H and O–H groups in total. The van der Waals surface area contributed by atoms with Crippen LogP contribution >= 0.6 is 23.1 Å². The number of rotatable bonds is 1. The van der Waals surface area contributed by atoms with Crippen LogP contribution in [0.15, 0.2) is 34.1 Å². The van der Waals surface area contributed by atoms with Gasteiger partial charge in [-0.15, -0.1) is 0 Å². The number of thiazole rings is 1. The zero-order valence-corrected chi connectivity index (χ0v) is 13.2. The van der Waals surface area contributed by atoms with Crippen molar-refractivity contribution in [1.29, 1.82) is 0 Å². The number of aryl methyl sites for hydroxylation is 1. The Balaban J connectivity index is 1.91. The molecule has 2 amide bonds. The van der Waals surface area contributed by atoms with Gasteiger partial charge in [-0.05, 0) is 12.5 Å². The van der Waals surface area contributed by atoms with Crippen LogP contribution in [-0.2, 0) is 9.59 Å². The van der Waals surface area contributed by atoms with Gasteiger partial charge < -0.3 is 4.98 Å². The maximum Gasteiger partial charge on any atom is 0.305 e. The summed E-state index contributed by atoms with van der Waals surface area (Å²) in [5.41, 5.74) is 2.09. The molecule has 0 saturated carbocycles. The molecule has 0 bridgehead atoms. The summed E-state index contributed by atoms with van der Waals surface area (Å²) in [6, 6.07) is 7.90. The maximum absolute atomic E-state index is 12.3. The van der Waals surface area contributed by atoms with Crippen molar-refractivity contribution >= 4 is 34.9 Å². The monoisotopic (exact) mass is 332 g/mol. The van der Waals surface area contributed by atoms with Gasteiger partial charge in [0.25, 0.3) is 0 Å². The lowest BCUT2D eigenvalue weighted by atomic mass is 9.83. The Morgan fingerprint density at radius 3 is 2.50 bits per heavy atom. The fraction of sp³-hybridized carbons (Fsp3) is 0.267. The number of benzene rings is 1. The number of thioether (sulfide) groups is 1. The molecule has 112 valence electrons. The third-order valence-corrected chi connectivity index (χ3v) is 6.51. The number of fused-ring (bicyclic) bond motifs is 2. The quantitative estimate of drug-likeness (QED) is 0.778. The van der Waals surface area contributed by atoms with Gasteiger partial charge >= 0.3 is 4.87 Å². The van der Waals surface area contributed by atoms with Gasteiger partial charge in [0.2, 0.25) is 11.8 Å². The average Bonchev–Trinajstić information content (AvgIpc) is 2.98. The summed E-state index contributed by atoms with van der Waals surface area (Å²) in [4.78, 5) is 39.5. The SMILES string of the molecule is Cc1ccc([C@H]2c3sc(=O)[nH]c3S[C@@H]3C(=O)NC(=O)[C@@H]23)cc1. The number of carbonyl (C=O) groups excluding carboxylic acids is 2. The van der Waals surface area contributed by atoms with Crippen molar-refractivity contribution in [2.45, 2.75) is 23.1 Å². The Morgan fingerprint density at radius 1 is 1.05 bits per heavy atom. The van der Waals surface area contributed by atoms with Gasteiger partial charge in [0, 0.05) is 10.8 Å². The van der Waals surface area contributed by atoms with Gasteiger partial charge in [-0.2, -0.15) is 0 Å². The van der Waals surface area contributed by atoms with Crippen molar-refractivity contribution in [3.8, 4) is 0 Å². The molecule has 0 unspecified atom stereocenters. The number of aromatic nitrogens is 1. The summed E-state index contributed by atoms with van der Waals surface area (Å²) in [7, 11) is 0. The summed E-state index contributed by atoms with van der Waals surface area (Å²) in [5.74, 6) is -1.23. The molecule has 1 saturated heterocycles. The summed E-state index contributed by atoms with van der Waals surface area (Å²) in [6.07, 6.45) is 0. The summed E-state index contributed by atoms with van der Waals surface area (Å²) in [6.45, 7) is 2.00. The number of amides is 2. The van der Waals surface area contributed by atoms with Crippen molar-refractivity contribution in [3.63, 3.8) is 0 Å². The number of carbonyl (C=O) groups is 2. The van der Waals surface area contributed by atoms with Crippen LogP contribution < -0.4 is 10.2 Å². The molecule has 5 nitrogen and oxygen atoms in total. The molecule has 2 aromatic rings. The number of imide groups is 1. The molecule has 2 aliphatic heterocycles. The number of hydrogen-bond acceptors (Lipinski definition) is 5. The normalized spacial score (nSPS) is 26.5. The summed E-state index contributed by atoms with van der Waals surface area (Å²) in [5, 5.41) is 2.66. The van der Waals surface area contributed by atoms with E-state index in [9.17, 15) is 14.4 Å². The molecule has 4 rings (SSSR count). The highest BCUT2D eigenvalue weighted by molar-refractivity contribution is 8.00. The van der Waals surface area contributed by atoms with Crippen LogP contribution in [0, 0.1) is 12.8 Å².